The number of fused-ring (bicyclic) bond motifs is 2. The summed E-state index contributed by atoms with van der Waals surface area (Å²) in [6, 6.07) is 12.6. The molecule has 6 rings (SSSR count). The number of amides is 2. The van der Waals surface area contributed by atoms with E-state index in [2.05, 4.69) is 5.32 Å². The zero-order valence-electron chi connectivity index (χ0n) is 16.7. The number of anilines is 2. The molecule has 8 heteroatoms. The van der Waals surface area contributed by atoms with Gasteiger partial charge in [0.2, 0.25) is 18.6 Å². The average molecular weight is 420 g/mol. The highest BCUT2D eigenvalue weighted by atomic mass is 16.7. The van der Waals surface area contributed by atoms with Crippen LogP contribution in [0.2, 0.25) is 0 Å². The summed E-state index contributed by atoms with van der Waals surface area (Å²) in [6.45, 7) is 0.528. The molecule has 0 aromatic heterocycles. The molecule has 2 amide bonds. The summed E-state index contributed by atoms with van der Waals surface area (Å²) in [5.74, 6) is 0.327. The second-order valence-corrected chi connectivity index (χ2v) is 8.08. The van der Waals surface area contributed by atoms with Crippen molar-refractivity contribution in [3.05, 3.63) is 54.6 Å². The molecule has 4 aliphatic rings. The van der Waals surface area contributed by atoms with E-state index < -0.39 is 23.5 Å². The number of hydrogen-bond donors (Lipinski definition) is 1. The van der Waals surface area contributed by atoms with E-state index in [1.807, 2.05) is 36.4 Å². The fraction of sp³-hybridized carbons (Fsp3) is 0.304. The number of rotatable bonds is 4. The van der Waals surface area contributed by atoms with Gasteiger partial charge in [-0.1, -0.05) is 18.2 Å². The minimum atomic E-state index is -0.790. The third kappa shape index (κ3) is 2.64. The Bertz CT molecular complexity index is 1130. The van der Waals surface area contributed by atoms with Crippen molar-refractivity contribution < 1.29 is 28.5 Å². The van der Waals surface area contributed by atoms with Crippen molar-refractivity contribution in [2.75, 3.05) is 30.7 Å². The van der Waals surface area contributed by atoms with E-state index in [1.54, 1.807) is 30.2 Å². The molecule has 4 atom stereocenters. The van der Waals surface area contributed by atoms with Crippen molar-refractivity contribution in [2.24, 2.45) is 11.8 Å². The molecule has 1 N–H and O–H groups in total. The van der Waals surface area contributed by atoms with Gasteiger partial charge in [0.1, 0.15) is 11.4 Å². The second-order valence-electron chi connectivity index (χ2n) is 8.08. The first-order chi connectivity index (χ1) is 15.1. The molecule has 31 heavy (non-hydrogen) atoms. The Labute approximate surface area is 178 Å². The zero-order valence-corrected chi connectivity index (χ0v) is 16.7. The van der Waals surface area contributed by atoms with Crippen molar-refractivity contribution >= 4 is 23.2 Å². The smallest absolute Gasteiger partial charge is 0.234 e. The van der Waals surface area contributed by atoms with Crippen LogP contribution in [0.25, 0.3) is 0 Å². The van der Waals surface area contributed by atoms with Gasteiger partial charge < -0.3 is 29.2 Å². The van der Waals surface area contributed by atoms with Crippen LogP contribution >= 0.6 is 0 Å². The number of hydrogen-bond acceptors (Lipinski definition) is 6. The van der Waals surface area contributed by atoms with E-state index in [0.29, 0.717) is 29.5 Å². The van der Waals surface area contributed by atoms with Gasteiger partial charge in [0.05, 0.1) is 31.6 Å². The van der Waals surface area contributed by atoms with Gasteiger partial charge in [-0.3, -0.25) is 9.59 Å². The van der Waals surface area contributed by atoms with Crippen molar-refractivity contribution in [1.82, 2.24) is 0 Å². The van der Waals surface area contributed by atoms with Gasteiger partial charge in [-0.2, -0.15) is 0 Å². The first kappa shape index (κ1) is 18.3. The molecule has 4 aliphatic heterocycles. The molecular weight excluding hydrogens is 400 g/mol. The molecule has 8 nitrogen and oxygen atoms in total. The predicted molar refractivity (Wildman–Crippen MR) is 110 cm³/mol. The molecule has 158 valence electrons. The molecule has 2 aromatic carbocycles. The van der Waals surface area contributed by atoms with Gasteiger partial charge in [0.25, 0.3) is 0 Å². The van der Waals surface area contributed by atoms with Crippen LogP contribution in [0, 0.1) is 11.8 Å². The summed E-state index contributed by atoms with van der Waals surface area (Å²) in [5.41, 5.74) is 0.524. The number of nitrogens with one attached hydrogen (secondary N) is 1. The first-order valence-corrected chi connectivity index (χ1v) is 10.1. The zero-order chi connectivity index (χ0) is 21.2. The number of benzene rings is 2. The normalized spacial score (nSPS) is 29.4. The van der Waals surface area contributed by atoms with Crippen LogP contribution in [0.15, 0.2) is 54.6 Å². The Morgan fingerprint density at radius 3 is 2.94 bits per heavy atom. The van der Waals surface area contributed by atoms with E-state index >= 15 is 0 Å². The maximum absolute atomic E-state index is 13.4. The van der Waals surface area contributed by atoms with Crippen molar-refractivity contribution in [3.8, 4) is 17.2 Å². The van der Waals surface area contributed by atoms with Crippen LogP contribution in [0.5, 0.6) is 17.2 Å². The molecule has 2 aromatic rings. The van der Waals surface area contributed by atoms with Crippen molar-refractivity contribution in [1.29, 1.82) is 0 Å². The Balaban J connectivity index is 1.28. The SMILES string of the molecule is COc1cccc(N2C[C@]34C=C[C@@H](O3)[C@@H](C(=O)Nc3ccc5c(c3)OCO5)[C@@H]4C2=O)c1. The summed E-state index contributed by atoms with van der Waals surface area (Å²) in [4.78, 5) is 28.4. The Morgan fingerprint density at radius 1 is 1.19 bits per heavy atom. The maximum atomic E-state index is 13.4. The second kappa shape index (κ2) is 6.49. The fourth-order valence-corrected chi connectivity index (χ4v) is 4.99. The van der Waals surface area contributed by atoms with Gasteiger partial charge in [0, 0.05) is 23.5 Å². The van der Waals surface area contributed by atoms with Crippen LogP contribution in [0.4, 0.5) is 11.4 Å². The number of carbonyl (C=O) groups is 2. The predicted octanol–water partition coefficient (Wildman–Crippen LogP) is 2.35. The minimum Gasteiger partial charge on any atom is -0.497 e. The number of methoxy groups -OCH3 is 1. The molecule has 0 saturated carbocycles. The number of nitrogens with zero attached hydrogens (tertiary/aromatic N) is 1. The van der Waals surface area contributed by atoms with Crippen LogP contribution in [0.3, 0.4) is 0 Å². The fourth-order valence-electron chi connectivity index (χ4n) is 4.99. The van der Waals surface area contributed by atoms with E-state index in [0.717, 1.165) is 5.69 Å². The quantitative estimate of drug-likeness (QED) is 0.765. The van der Waals surface area contributed by atoms with Gasteiger partial charge in [-0.05, 0) is 24.3 Å². The van der Waals surface area contributed by atoms with Crippen LogP contribution in [-0.2, 0) is 14.3 Å². The molecule has 0 radical (unpaired) electrons. The molecule has 4 heterocycles. The van der Waals surface area contributed by atoms with Gasteiger partial charge >= 0.3 is 0 Å². The Hall–Kier alpha value is -3.52. The molecular formula is C23H20N2O6. The van der Waals surface area contributed by atoms with E-state index in [-0.39, 0.29) is 18.6 Å². The average Bonchev–Trinajstić information content (AvgIpc) is 3.54. The third-order valence-electron chi connectivity index (χ3n) is 6.41. The lowest BCUT2D eigenvalue weighted by atomic mass is 9.77. The molecule has 2 bridgehead atoms. The van der Waals surface area contributed by atoms with Gasteiger partial charge in [-0.15, -0.1) is 0 Å². The summed E-state index contributed by atoms with van der Waals surface area (Å²) in [6.07, 6.45) is 3.41. The Morgan fingerprint density at radius 2 is 2.06 bits per heavy atom. The third-order valence-corrected chi connectivity index (χ3v) is 6.41. The number of ether oxygens (including phenoxy) is 4. The van der Waals surface area contributed by atoms with E-state index in [1.165, 1.54) is 0 Å². The summed E-state index contributed by atoms with van der Waals surface area (Å²) in [7, 11) is 1.59. The van der Waals surface area contributed by atoms with Crippen LogP contribution in [-0.4, -0.2) is 44.0 Å². The van der Waals surface area contributed by atoms with Crippen LogP contribution < -0.4 is 24.4 Å². The highest BCUT2D eigenvalue weighted by molar-refractivity contribution is 6.05. The monoisotopic (exact) mass is 420 g/mol. The summed E-state index contributed by atoms with van der Waals surface area (Å²) >= 11 is 0. The lowest BCUT2D eigenvalue weighted by molar-refractivity contribution is -0.128. The standard InChI is InChI=1S/C23H20N2O6/c1-28-15-4-2-3-14(10-15)25-11-23-8-7-17(31-23)19(20(23)22(25)27)21(26)24-13-5-6-16-18(9-13)30-12-29-16/h2-10,17,19-20H,11-12H2,1H3,(H,24,26)/t17-,19-,20-,23+/m1/s1. The molecule has 2 saturated heterocycles. The molecule has 1 spiro atoms. The Kier molecular flexibility index (Phi) is 3.82. The molecule has 0 unspecified atom stereocenters. The van der Waals surface area contributed by atoms with Gasteiger partial charge in [-0.25, -0.2) is 0 Å². The van der Waals surface area contributed by atoms with E-state index in [4.69, 9.17) is 18.9 Å². The summed E-state index contributed by atoms with van der Waals surface area (Å²) < 4.78 is 22.2. The number of carbonyl (C=O) groups excluding carboxylic acids is 2. The van der Waals surface area contributed by atoms with Gasteiger partial charge in [0.15, 0.2) is 11.5 Å². The van der Waals surface area contributed by atoms with Crippen molar-refractivity contribution in [2.45, 2.75) is 11.7 Å². The highest BCUT2D eigenvalue weighted by Gasteiger charge is 2.67. The largest absolute Gasteiger partial charge is 0.497 e. The highest BCUT2D eigenvalue weighted by Crippen LogP contribution is 2.53. The lowest BCUT2D eigenvalue weighted by Gasteiger charge is -2.23. The summed E-state index contributed by atoms with van der Waals surface area (Å²) in [5, 5.41) is 2.92. The van der Waals surface area contributed by atoms with Crippen molar-refractivity contribution in [3.63, 3.8) is 0 Å². The first-order valence-electron chi connectivity index (χ1n) is 10.1. The maximum Gasteiger partial charge on any atom is 0.234 e. The molecule has 2 fully saturated rings. The minimum absolute atomic E-state index is 0.120. The topological polar surface area (TPSA) is 86.3 Å². The van der Waals surface area contributed by atoms with Crippen LogP contribution in [0.1, 0.15) is 0 Å². The molecule has 0 aliphatic carbocycles. The lowest BCUT2D eigenvalue weighted by Crippen LogP contribution is -2.41. The van der Waals surface area contributed by atoms with E-state index in [9.17, 15) is 9.59 Å².